The van der Waals surface area contributed by atoms with Crippen molar-refractivity contribution >= 4 is 30.2 Å². The summed E-state index contributed by atoms with van der Waals surface area (Å²) in [6, 6.07) is 0. The Labute approximate surface area is 144 Å². The maximum absolute atomic E-state index is 11.7. The normalized spacial score (nSPS) is 33.6. The van der Waals surface area contributed by atoms with Crippen molar-refractivity contribution in [2.75, 3.05) is 0 Å². The molecule has 126 valence electrons. The molecule has 1 fully saturated rings. The lowest BCUT2D eigenvalue weighted by molar-refractivity contribution is -0.157. The van der Waals surface area contributed by atoms with Gasteiger partial charge in [-0.2, -0.15) is 0 Å². The van der Waals surface area contributed by atoms with Gasteiger partial charge in [-0.15, -0.1) is 0 Å². The van der Waals surface area contributed by atoms with Crippen molar-refractivity contribution in [3.05, 3.63) is 10.6 Å². The van der Waals surface area contributed by atoms with E-state index in [2.05, 4.69) is 56.7 Å². The molecule has 0 aromatic rings. The van der Waals surface area contributed by atoms with Crippen molar-refractivity contribution in [3.8, 4) is 0 Å². The third-order valence-electron chi connectivity index (χ3n) is 5.72. The fraction of sp³-hybridized carbons (Fsp3) is 0.824. The molecule has 0 aromatic heterocycles. The van der Waals surface area contributed by atoms with Crippen LogP contribution in [0.25, 0.3) is 0 Å². The van der Waals surface area contributed by atoms with E-state index in [0.717, 1.165) is 23.7 Å². The van der Waals surface area contributed by atoms with Crippen LogP contribution in [0.2, 0.25) is 18.1 Å². The van der Waals surface area contributed by atoms with Gasteiger partial charge in [0.15, 0.2) is 14.4 Å². The van der Waals surface area contributed by atoms with Crippen LogP contribution >= 0.6 is 15.9 Å². The molecular formula is C17H29BrO3Si. The van der Waals surface area contributed by atoms with Crippen LogP contribution in [0.1, 0.15) is 53.4 Å². The third-order valence-corrected chi connectivity index (χ3v) is 10.9. The van der Waals surface area contributed by atoms with Crippen molar-refractivity contribution in [1.29, 1.82) is 0 Å². The largest absolute Gasteiger partial charge is 0.451 e. The number of ether oxygens (including phenoxy) is 1. The van der Waals surface area contributed by atoms with Crippen molar-refractivity contribution in [1.82, 2.24) is 0 Å². The van der Waals surface area contributed by atoms with Gasteiger partial charge >= 0.3 is 5.97 Å². The van der Waals surface area contributed by atoms with Crippen LogP contribution in [0.15, 0.2) is 10.6 Å². The molecule has 0 unspecified atom stereocenters. The standard InChI is InChI=1S/C17H29BrO3Si/c1-12-9-7-8-10-17(12,15-13(18)11-14(19)20-15)21-22(5,6)16(2,3)4/h11-12,15H,7-10H2,1-6H3/t12-,15+,17+/m0/s1. The Bertz CT molecular complexity index is 481. The first kappa shape index (κ1) is 18.2. The van der Waals surface area contributed by atoms with Gasteiger partial charge in [0.05, 0.1) is 0 Å². The van der Waals surface area contributed by atoms with Gasteiger partial charge in [-0.05, 0) is 36.9 Å². The molecule has 2 aliphatic rings. The average molecular weight is 389 g/mol. The number of rotatable bonds is 3. The summed E-state index contributed by atoms with van der Waals surface area (Å²) in [5.41, 5.74) is -0.386. The van der Waals surface area contributed by atoms with Gasteiger partial charge in [0.2, 0.25) is 0 Å². The van der Waals surface area contributed by atoms with Gasteiger partial charge in [-0.3, -0.25) is 0 Å². The summed E-state index contributed by atoms with van der Waals surface area (Å²) in [5.74, 6) is 0.125. The molecule has 0 radical (unpaired) electrons. The Morgan fingerprint density at radius 1 is 1.36 bits per heavy atom. The molecule has 3 nitrogen and oxygen atoms in total. The molecule has 0 saturated heterocycles. The molecule has 22 heavy (non-hydrogen) atoms. The number of esters is 1. The number of carbonyl (C=O) groups is 1. The predicted octanol–water partition coefficient (Wildman–Crippen LogP) is 5.16. The first-order chi connectivity index (χ1) is 9.99. The first-order valence-corrected chi connectivity index (χ1v) is 12.0. The van der Waals surface area contributed by atoms with E-state index in [1.54, 1.807) is 6.08 Å². The summed E-state index contributed by atoms with van der Waals surface area (Å²) in [6.07, 6.45) is 5.72. The molecular weight excluding hydrogens is 360 g/mol. The van der Waals surface area contributed by atoms with Crippen molar-refractivity contribution < 1.29 is 14.0 Å². The second-order valence-corrected chi connectivity index (χ2v) is 14.0. The highest BCUT2D eigenvalue weighted by Crippen LogP contribution is 2.50. The van der Waals surface area contributed by atoms with Crippen LogP contribution in [0, 0.1) is 5.92 Å². The van der Waals surface area contributed by atoms with Gasteiger partial charge in [-0.1, -0.05) is 56.5 Å². The molecule has 1 heterocycles. The van der Waals surface area contributed by atoms with E-state index in [1.807, 2.05) is 0 Å². The monoisotopic (exact) mass is 388 g/mol. The molecule has 5 heteroatoms. The Hall–Kier alpha value is -0.133. The minimum atomic E-state index is -1.96. The lowest BCUT2D eigenvalue weighted by Gasteiger charge is -2.52. The van der Waals surface area contributed by atoms with Crippen LogP contribution in [-0.4, -0.2) is 26.0 Å². The van der Waals surface area contributed by atoms with Crippen LogP contribution in [0.4, 0.5) is 0 Å². The van der Waals surface area contributed by atoms with Crippen LogP contribution < -0.4 is 0 Å². The Morgan fingerprint density at radius 2 is 2.00 bits per heavy atom. The molecule has 1 aliphatic carbocycles. The van der Waals surface area contributed by atoms with Gasteiger partial charge < -0.3 is 9.16 Å². The van der Waals surface area contributed by atoms with Gasteiger partial charge in [0.25, 0.3) is 0 Å². The summed E-state index contributed by atoms with van der Waals surface area (Å²) >= 11 is 3.55. The smallest absolute Gasteiger partial charge is 0.332 e. The fourth-order valence-corrected chi connectivity index (χ4v) is 5.63. The zero-order valence-electron chi connectivity index (χ0n) is 14.7. The highest BCUT2D eigenvalue weighted by molar-refractivity contribution is 9.11. The molecule has 3 atom stereocenters. The molecule has 0 N–H and O–H groups in total. The zero-order chi connectivity index (χ0) is 16.8. The van der Waals surface area contributed by atoms with Gasteiger partial charge in [0.1, 0.15) is 5.60 Å². The van der Waals surface area contributed by atoms with E-state index in [4.69, 9.17) is 9.16 Å². The molecule has 2 rings (SSSR count). The van der Waals surface area contributed by atoms with Crippen molar-refractivity contribution in [2.24, 2.45) is 5.92 Å². The topological polar surface area (TPSA) is 35.5 Å². The van der Waals surface area contributed by atoms with Crippen LogP contribution in [0.3, 0.4) is 0 Å². The summed E-state index contributed by atoms with van der Waals surface area (Å²) in [6.45, 7) is 13.6. The Balaban J connectivity index is 2.39. The maximum atomic E-state index is 11.7. The number of hydrogen-bond acceptors (Lipinski definition) is 3. The summed E-state index contributed by atoms with van der Waals surface area (Å²) in [4.78, 5) is 11.7. The number of halogens is 1. The third kappa shape index (κ3) is 3.22. The number of carbonyl (C=O) groups excluding carboxylic acids is 1. The highest BCUT2D eigenvalue weighted by Gasteiger charge is 2.55. The van der Waals surface area contributed by atoms with E-state index >= 15 is 0 Å². The Kier molecular flexibility index (Phi) is 5.02. The van der Waals surface area contributed by atoms with E-state index in [0.29, 0.717) is 5.92 Å². The van der Waals surface area contributed by atoms with Crippen molar-refractivity contribution in [2.45, 2.75) is 83.2 Å². The minimum absolute atomic E-state index is 0.135. The number of cyclic esters (lactones) is 1. The van der Waals surface area contributed by atoms with E-state index < -0.39 is 8.32 Å². The Morgan fingerprint density at radius 3 is 2.45 bits per heavy atom. The molecule has 0 bridgehead atoms. The first-order valence-electron chi connectivity index (χ1n) is 8.27. The summed E-state index contributed by atoms with van der Waals surface area (Å²) in [5, 5.41) is 0.135. The van der Waals surface area contributed by atoms with E-state index in [1.165, 1.54) is 6.42 Å². The minimum Gasteiger partial charge on any atom is -0.451 e. The fourth-order valence-electron chi connectivity index (χ4n) is 3.29. The molecule has 0 spiro atoms. The second kappa shape index (κ2) is 6.06. The van der Waals surface area contributed by atoms with Crippen molar-refractivity contribution in [3.63, 3.8) is 0 Å². The molecule has 1 saturated carbocycles. The summed E-state index contributed by atoms with van der Waals surface area (Å²) < 4.78 is 13.4. The molecule has 0 aromatic carbocycles. The molecule has 1 aliphatic heterocycles. The quantitative estimate of drug-likeness (QED) is 0.494. The zero-order valence-corrected chi connectivity index (χ0v) is 17.2. The van der Waals surface area contributed by atoms with E-state index in [-0.39, 0.29) is 22.7 Å². The van der Waals surface area contributed by atoms with Crippen LogP contribution in [0.5, 0.6) is 0 Å². The summed E-state index contributed by atoms with van der Waals surface area (Å²) in [7, 11) is -1.96. The number of hydrogen-bond donors (Lipinski definition) is 0. The van der Waals surface area contributed by atoms with Gasteiger partial charge in [-0.25, -0.2) is 4.79 Å². The second-order valence-electron chi connectivity index (χ2n) is 8.31. The SMILES string of the molecule is C[C@H]1CCCC[C@]1(O[Si](C)(C)C(C)(C)C)[C@@H]1OC(=O)C=C1Br. The van der Waals surface area contributed by atoms with Crippen LogP contribution in [-0.2, 0) is 14.0 Å². The lowest BCUT2D eigenvalue weighted by atomic mass is 9.73. The highest BCUT2D eigenvalue weighted by atomic mass is 79.9. The lowest BCUT2D eigenvalue weighted by Crippen LogP contribution is -2.59. The van der Waals surface area contributed by atoms with E-state index in [9.17, 15) is 4.79 Å². The average Bonchev–Trinajstić information content (AvgIpc) is 2.70. The van der Waals surface area contributed by atoms with Gasteiger partial charge in [0, 0.05) is 10.6 Å². The molecule has 0 amide bonds. The maximum Gasteiger partial charge on any atom is 0.332 e. The predicted molar refractivity (Wildman–Crippen MR) is 95.5 cm³/mol.